The van der Waals surface area contributed by atoms with Crippen LogP contribution in [0.15, 0.2) is 85.3 Å². The van der Waals surface area contributed by atoms with Gasteiger partial charge in [-0.05, 0) is 60.1 Å². The number of fused-ring (bicyclic) bond motifs is 1. The monoisotopic (exact) mass is 570 g/mol. The summed E-state index contributed by atoms with van der Waals surface area (Å²) in [5.41, 5.74) is 8.01. The van der Waals surface area contributed by atoms with Crippen molar-refractivity contribution in [2.75, 3.05) is 6.61 Å². The van der Waals surface area contributed by atoms with Gasteiger partial charge in [-0.15, -0.1) is 0 Å². The first-order chi connectivity index (χ1) is 20.3. The van der Waals surface area contributed by atoms with Gasteiger partial charge in [0.25, 0.3) is 0 Å². The Hall–Kier alpha value is -4.01. The number of para-hydroxylation sites is 1. The standard InChI is InChI=1S/C34H42N4O4/c1-23(2)18-31(33(40)32(39)30(35)20-27-21-36-22-37-27)38-34(41)26(13-9-17-42-28-14-4-3-5-15-28)19-25-12-8-11-24-10-6-7-16-29(24)25/h3-8,10-12,14-16,21-23,26,30-32,39H,9,13,17-20,35H2,1-2H3,(H,36,37)(H,38,41)/t26?,30-,31-,32?/m0/s1. The molecular formula is C34H42N4O4. The molecule has 0 aliphatic rings. The van der Waals surface area contributed by atoms with E-state index in [0.717, 1.165) is 27.8 Å². The molecule has 4 rings (SSSR count). The molecule has 0 aliphatic carbocycles. The number of nitrogens with two attached hydrogens (primary N) is 1. The number of hydrogen-bond donors (Lipinski definition) is 4. The van der Waals surface area contributed by atoms with Gasteiger partial charge < -0.3 is 25.9 Å². The number of H-pyrrole nitrogens is 1. The van der Waals surface area contributed by atoms with Crippen molar-refractivity contribution < 1.29 is 19.4 Å². The second kappa shape index (κ2) is 15.3. The number of ketones is 1. The molecule has 0 bridgehead atoms. The first-order valence-corrected chi connectivity index (χ1v) is 14.7. The van der Waals surface area contributed by atoms with Crippen LogP contribution in [0.25, 0.3) is 10.8 Å². The fourth-order valence-corrected chi connectivity index (χ4v) is 5.28. The Morgan fingerprint density at radius 2 is 1.74 bits per heavy atom. The zero-order valence-corrected chi connectivity index (χ0v) is 24.4. The van der Waals surface area contributed by atoms with Crippen LogP contribution in [0.1, 0.15) is 44.4 Å². The molecule has 5 N–H and O–H groups in total. The van der Waals surface area contributed by atoms with Crippen molar-refractivity contribution in [2.24, 2.45) is 17.6 Å². The van der Waals surface area contributed by atoms with E-state index in [0.29, 0.717) is 32.3 Å². The van der Waals surface area contributed by atoms with Crippen molar-refractivity contribution in [3.63, 3.8) is 0 Å². The van der Waals surface area contributed by atoms with Gasteiger partial charge in [-0.1, -0.05) is 74.5 Å². The molecule has 0 saturated carbocycles. The topological polar surface area (TPSA) is 130 Å². The van der Waals surface area contributed by atoms with E-state index in [1.54, 1.807) is 6.20 Å². The summed E-state index contributed by atoms with van der Waals surface area (Å²) in [6.07, 6.45) is 4.14. The maximum atomic E-state index is 13.9. The van der Waals surface area contributed by atoms with Crippen molar-refractivity contribution in [1.82, 2.24) is 15.3 Å². The molecule has 1 heterocycles. The normalized spacial score (nSPS) is 14.3. The van der Waals surface area contributed by atoms with Crippen molar-refractivity contribution >= 4 is 22.5 Å². The van der Waals surface area contributed by atoms with Crippen LogP contribution in [0, 0.1) is 11.8 Å². The number of aliphatic hydroxyl groups excluding tert-OH is 1. The summed E-state index contributed by atoms with van der Waals surface area (Å²) in [6, 6.07) is 22.2. The van der Waals surface area contributed by atoms with Gasteiger partial charge in [-0.25, -0.2) is 4.98 Å². The van der Waals surface area contributed by atoms with Crippen LogP contribution in [0.5, 0.6) is 5.75 Å². The number of aromatic nitrogens is 2. The lowest BCUT2D eigenvalue weighted by atomic mass is 9.89. The molecule has 42 heavy (non-hydrogen) atoms. The maximum absolute atomic E-state index is 13.9. The highest BCUT2D eigenvalue weighted by Gasteiger charge is 2.33. The Bertz CT molecular complexity index is 1400. The van der Waals surface area contributed by atoms with Crippen molar-refractivity contribution in [1.29, 1.82) is 0 Å². The molecule has 0 radical (unpaired) electrons. The molecule has 3 aromatic carbocycles. The average molecular weight is 571 g/mol. The van der Waals surface area contributed by atoms with Gasteiger partial charge in [0.05, 0.1) is 19.0 Å². The Labute approximate surface area is 247 Å². The molecule has 2 unspecified atom stereocenters. The lowest BCUT2D eigenvalue weighted by Gasteiger charge is -2.27. The summed E-state index contributed by atoms with van der Waals surface area (Å²) in [6.45, 7) is 4.44. The molecule has 4 atom stereocenters. The Morgan fingerprint density at radius 1 is 1.00 bits per heavy atom. The number of imidazole rings is 1. The first kappa shape index (κ1) is 30.9. The largest absolute Gasteiger partial charge is 0.494 e. The van der Waals surface area contributed by atoms with Gasteiger partial charge in [-0.3, -0.25) is 9.59 Å². The molecule has 4 aromatic rings. The van der Waals surface area contributed by atoms with E-state index in [4.69, 9.17) is 10.5 Å². The Morgan fingerprint density at radius 3 is 2.48 bits per heavy atom. The van der Waals surface area contributed by atoms with Crippen LogP contribution in [-0.4, -0.2) is 51.6 Å². The van der Waals surface area contributed by atoms with Crippen LogP contribution in [-0.2, 0) is 22.4 Å². The lowest BCUT2D eigenvalue weighted by molar-refractivity contribution is -0.135. The molecule has 0 saturated heterocycles. The van der Waals surface area contributed by atoms with Crippen molar-refractivity contribution in [3.05, 3.63) is 96.6 Å². The average Bonchev–Trinajstić information content (AvgIpc) is 3.51. The van der Waals surface area contributed by atoms with Crippen LogP contribution >= 0.6 is 0 Å². The number of hydrogen-bond acceptors (Lipinski definition) is 6. The minimum Gasteiger partial charge on any atom is -0.494 e. The number of nitrogens with one attached hydrogen (secondary N) is 2. The van der Waals surface area contributed by atoms with Gasteiger partial charge in [0.1, 0.15) is 11.9 Å². The van der Waals surface area contributed by atoms with E-state index in [1.165, 1.54) is 6.33 Å². The van der Waals surface area contributed by atoms with Crippen LogP contribution in [0.2, 0.25) is 0 Å². The fourth-order valence-electron chi connectivity index (χ4n) is 5.28. The molecule has 1 amide bonds. The zero-order chi connectivity index (χ0) is 29.9. The number of benzene rings is 3. The molecule has 1 aromatic heterocycles. The van der Waals surface area contributed by atoms with Gasteiger partial charge in [-0.2, -0.15) is 0 Å². The highest BCUT2D eigenvalue weighted by atomic mass is 16.5. The Kier molecular flexibility index (Phi) is 11.3. The number of Topliss-reactive ketones (excluding diaryl/α,β-unsaturated/α-hetero) is 1. The molecule has 0 aliphatic heterocycles. The Balaban J connectivity index is 1.49. The summed E-state index contributed by atoms with van der Waals surface area (Å²) in [5, 5.41) is 16.1. The van der Waals surface area contributed by atoms with Crippen molar-refractivity contribution in [2.45, 2.75) is 64.1 Å². The van der Waals surface area contributed by atoms with Gasteiger partial charge in [0.2, 0.25) is 5.91 Å². The fraction of sp³-hybridized carbons (Fsp3) is 0.382. The molecule has 0 fully saturated rings. The predicted molar refractivity (Wildman–Crippen MR) is 165 cm³/mol. The number of carbonyl (C=O) groups excluding carboxylic acids is 2. The van der Waals surface area contributed by atoms with E-state index in [2.05, 4.69) is 39.6 Å². The van der Waals surface area contributed by atoms with E-state index in [1.807, 2.05) is 62.4 Å². The third-order valence-electron chi connectivity index (χ3n) is 7.50. The summed E-state index contributed by atoms with van der Waals surface area (Å²) in [4.78, 5) is 34.2. The minimum absolute atomic E-state index is 0.117. The second-order valence-electron chi connectivity index (χ2n) is 11.3. The second-order valence-corrected chi connectivity index (χ2v) is 11.3. The molecular weight excluding hydrogens is 528 g/mol. The minimum atomic E-state index is -1.42. The van der Waals surface area contributed by atoms with Crippen LogP contribution in [0.3, 0.4) is 0 Å². The quantitative estimate of drug-likeness (QED) is 0.146. The van der Waals surface area contributed by atoms with E-state index in [-0.39, 0.29) is 18.2 Å². The van der Waals surface area contributed by atoms with E-state index in [9.17, 15) is 14.7 Å². The van der Waals surface area contributed by atoms with Gasteiger partial charge in [0, 0.05) is 30.3 Å². The number of aromatic amines is 1. The molecule has 0 spiro atoms. The van der Waals surface area contributed by atoms with E-state index >= 15 is 0 Å². The molecule has 222 valence electrons. The van der Waals surface area contributed by atoms with Crippen LogP contribution < -0.4 is 15.8 Å². The highest BCUT2D eigenvalue weighted by molar-refractivity contribution is 5.93. The number of aliphatic hydroxyl groups is 1. The summed E-state index contributed by atoms with van der Waals surface area (Å²) in [5.74, 6) is -0.175. The SMILES string of the molecule is CC(C)C[C@H](NC(=O)C(CCCOc1ccccc1)Cc1cccc2ccccc12)C(=O)C(O)[C@@H](N)Cc1cnc[nH]1. The number of rotatable bonds is 16. The third-order valence-corrected chi connectivity index (χ3v) is 7.50. The predicted octanol–water partition coefficient (Wildman–Crippen LogP) is 4.61. The van der Waals surface area contributed by atoms with Gasteiger partial charge in [0.15, 0.2) is 5.78 Å². The van der Waals surface area contributed by atoms with Crippen LogP contribution in [0.4, 0.5) is 0 Å². The maximum Gasteiger partial charge on any atom is 0.224 e. The third kappa shape index (κ3) is 8.74. The molecule has 8 nitrogen and oxygen atoms in total. The van der Waals surface area contributed by atoms with E-state index < -0.39 is 29.9 Å². The number of carbonyl (C=O) groups is 2. The van der Waals surface area contributed by atoms with Gasteiger partial charge >= 0.3 is 0 Å². The molecule has 8 heteroatoms. The van der Waals surface area contributed by atoms with Crippen molar-refractivity contribution in [3.8, 4) is 5.75 Å². The summed E-state index contributed by atoms with van der Waals surface area (Å²) in [7, 11) is 0. The first-order valence-electron chi connectivity index (χ1n) is 14.7. The summed E-state index contributed by atoms with van der Waals surface area (Å²) >= 11 is 0. The zero-order valence-electron chi connectivity index (χ0n) is 24.4. The summed E-state index contributed by atoms with van der Waals surface area (Å²) < 4.78 is 5.89. The number of ether oxygens (including phenoxy) is 1. The number of amides is 1. The lowest BCUT2D eigenvalue weighted by Crippen LogP contribution is -2.53. The smallest absolute Gasteiger partial charge is 0.224 e. The number of nitrogens with zero attached hydrogens (tertiary/aromatic N) is 1. The highest BCUT2D eigenvalue weighted by Crippen LogP contribution is 2.24.